The van der Waals surface area contributed by atoms with Gasteiger partial charge in [0.05, 0.1) is 0 Å². The van der Waals surface area contributed by atoms with Crippen LogP contribution in [0.2, 0.25) is 0 Å². The van der Waals surface area contributed by atoms with E-state index >= 15 is 0 Å². The summed E-state index contributed by atoms with van der Waals surface area (Å²) in [6, 6.07) is 18.1. The van der Waals surface area contributed by atoms with Crippen molar-refractivity contribution in [2.75, 3.05) is 0 Å². The van der Waals surface area contributed by atoms with Gasteiger partial charge in [0.1, 0.15) is 6.04 Å². The average molecular weight is 279 g/mol. The molecule has 1 unspecified atom stereocenters. The fourth-order valence-corrected chi connectivity index (χ4v) is 2.63. The standard InChI is InChI=1S/C18H17NO2/c1-12(18(20)21)19-11-14-10-13-6-2-3-7-15(13)17-9-5-4-8-16(14)17/h2-10,12,19H,11H2,1H3,(H,20,21). The van der Waals surface area contributed by atoms with Crippen LogP contribution in [0, 0.1) is 0 Å². The van der Waals surface area contributed by atoms with Gasteiger partial charge in [-0.2, -0.15) is 0 Å². The van der Waals surface area contributed by atoms with Gasteiger partial charge in [-0.05, 0) is 40.1 Å². The zero-order chi connectivity index (χ0) is 14.8. The fourth-order valence-electron chi connectivity index (χ4n) is 2.63. The second kappa shape index (κ2) is 5.54. The molecule has 0 radical (unpaired) electrons. The van der Waals surface area contributed by atoms with Crippen LogP contribution in [0.25, 0.3) is 21.5 Å². The van der Waals surface area contributed by atoms with Crippen molar-refractivity contribution in [3.05, 3.63) is 60.2 Å². The lowest BCUT2D eigenvalue weighted by atomic mass is 9.97. The summed E-state index contributed by atoms with van der Waals surface area (Å²) in [4.78, 5) is 10.9. The predicted molar refractivity (Wildman–Crippen MR) is 85.4 cm³/mol. The van der Waals surface area contributed by atoms with Crippen molar-refractivity contribution in [2.24, 2.45) is 0 Å². The number of benzene rings is 3. The SMILES string of the molecule is CC(NCc1cc2ccccc2c2ccccc12)C(=O)O. The Morgan fingerprint density at radius 3 is 2.38 bits per heavy atom. The highest BCUT2D eigenvalue weighted by Crippen LogP contribution is 2.28. The van der Waals surface area contributed by atoms with Gasteiger partial charge in [-0.25, -0.2) is 0 Å². The molecule has 0 fully saturated rings. The first-order valence-electron chi connectivity index (χ1n) is 7.02. The normalized spacial score (nSPS) is 12.6. The van der Waals surface area contributed by atoms with Crippen LogP contribution in [0.5, 0.6) is 0 Å². The molecular weight excluding hydrogens is 262 g/mol. The van der Waals surface area contributed by atoms with Gasteiger partial charge in [0.15, 0.2) is 0 Å². The molecule has 0 saturated heterocycles. The highest BCUT2D eigenvalue weighted by atomic mass is 16.4. The first kappa shape index (κ1) is 13.6. The number of carbonyl (C=O) groups is 1. The molecule has 0 aliphatic carbocycles. The van der Waals surface area contributed by atoms with Crippen LogP contribution >= 0.6 is 0 Å². The molecule has 2 N–H and O–H groups in total. The molecule has 0 saturated carbocycles. The number of fused-ring (bicyclic) bond motifs is 3. The molecule has 0 amide bonds. The Morgan fingerprint density at radius 1 is 1.05 bits per heavy atom. The van der Waals surface area contributed by atoms with Crippen LogP contribution in [-0.2, 0) is 11.3 Å². The van der Waals surface area contributed by atoms with Crippen molar-refractivity contribution in [1.82, 2.24) is 5.32 Å². The van der Waals surface area contributed by atoms with Crippen molar-refractivity contribution in [1.29, 1.82) is 0 Å². The van der Waals surface area contributed by atoms with Gasteiger partial charge < -0.3 is 10.4 Å². The van der Waals surface area contributed by atoms with Crippen LogP contribution in [0.4, 0.5) is 0 Å². The predicted octanol–water partition coefficient (Wildman–Crippen LogP) is 3.56. The molecule has 0 bridgehead atoms. The minimum absolute atomic E-state index is 0.540. The highest BCUT2D eigenvalue weighted by Gasteiger charge is 2.11. The summed E-state index contributed by atoms with van der Waals surface area (Å²) >= 11 is 0. The van der Waals surface area contributed by atoms with E-state index in [1.165, 1.54) is 21.5 Å². The third-order valence-corrected chi connectivity index (χ3v) is 3.82. The Morgan fingerprint density at radius 2 is 1.67 bits per heavy atom. The van der Waals surface area contributed by atoms with Gasteiger partial charge in [-0.15, -0.1) is 0 Å². The summed E-state index contributed by atoms with van der Waals surface area (Å²) in [7, 11) is 0. The van der Waals surface area contributed by atoms with Crippen molar-refractivity contribution in [3.8, 4) is 0 Å². The van der Waals surface area contributed by atoms with E-state index in [1.807, 2.05) is 24.3 Å². The number of rotatable bonds is 4. The average Bonchev–Trinajstić information content (AvgIpc) is 2.52. The van der Waals surface area contributed by atoms with Gasteiger partial charge in [-0.1, -0.05) is 48.5 Å². The number of hydrogen-bond acceptors (Lipinski definition) is 2. The molecule has 0 spiro atoms. The third-order valence-electron chi connectivity index (χ3n) is 3.82. The summed E-state index contributed by atoms with van der Waals surface area (Å²) in [5.41, 5.74) is 1.12. The zero-order valence-electron chi connectivity index (χ0n) is 11.8. The first-order chi connectivity index (χ1) is 10.2. The Bertz CT molecular complexity index is 811. The van der Waals surface area contributed by atoms with Gasteiger partial charge in [0.25, 0.3) is 0 Å². The molecule has 3 heteroatoms. The molecule has 0 aliphatic rings. The lowest BCUT2D eigenvalue weighted by Crippen LogP contribution is -2.33. The maximum absolute atomic E-state index is 10.9. The zero-order valence-corrected chi connectivity index (χ0v) is 11.8. The topological polar surface area (TPSA) is 49.3 Å². The summed E-state index contributed by atoms with van der Waals surface area (Å²) in [6.07, 6.45) is 0. The lowest BCUT2D eigenvalue weighted by Gasteiger charge is -2.13. The van der Waals surface area contributed by atoms with E-state index in [1.54, 1.807) is 6.92 Å². The fraction of sp³-hybridized carbons (Fsp3) is 0.167. The third kappa shape index (κ3) is 2.60. The van der Waals surface area contributed by atoms with E-state index in [4.69, 9.17) is 5.11 Å². The number of carboxylic acids is 1. The molecule has 3 aromatic rings. The highest BCUT2D eigenvalue weighted by molar-refractivity contribution is 6.08. The molecular formula is C18H17NO2. The number of nitrogens with one attached hydrogen (secondary N) is 1. The number of hydrogen-bond donors (Lipinski definition) is 2. The molecule has 3 aromatic carbocycles. The molecule has 0 heterocycles. The van der Waals surface area contributed by atoms with Crippen LogP contribution in [0.15, 0.2) is 54.6 Å². The Balaban J connectivity index is 2.10. The summed E-state index contributed by atoms with van der Waals surface area (Å²) in [6.45, 7) is 2.20. The largest absolute Gasteiger partial charge is 0.480 e. The lowest BCUT2D eigenvalue weighted by molar-refractivity contribution is -0.139. The monoisotopic (exact) mass is 279 g/mol. The van der Waals surface area contributed by atoms with Crippen LogP contribution < -0.4 is 5.32 Å². The Labute approximate surface area is 123 Å². The van der Waals surface area contributed by atoms with Gasteiger partial charge >= 0.3 is 5.97 Å². The van der Waals surface area contributed by atoms with Gasteiger partial charge in [0.2, 0.25) is 0 Å². The van der Waals surface area contributed by atoms with E-state index in [2.05, 4.69) is 35.6 Å². The van der Waals surface area contributed by atoms with E-state index < -0.39 is 12.0 Å². The van der Waals surface area contributed by atoms with Gasteiger partial charge in [-0.3, -0.25) is 4.79 Å². The minimum atomic E-state index is -0.833. The molecule has 106 valence electrons. The smallest absolute Gasteiger partial charge is 0.320 e. The second-order valence-electron chi connectivity index (χ2n) is 5.24. The van der Waals surface area contributed by atoms with E-state index in [0.29, 0.717) is 6.54 Å². The van der Waals surface area contributed by atoms with E-state index in [-0.39, 0.29) is 0 Å². The molecule has 0 aliphatic heterocycles. The summed E-state index contributed by atoms with van der Waals surface area (Å²) in [5.74, 6) is -0.833. The van der Waals surface area contributed by atoms with Crippen molar-refractivity contribution in [3.63, 3.8) is 0 Å². The maximum Gasteiger partial charge on any atom is 0.320 e. The van der Waals surface area contributed by atoms with E-state index in [0.717, 1.165) is 5.56 Å². The first-order valence-corrected chi connectivity index (χ1v) is 7.02. The second-order valence-corrected chi connectivity index (χ2v) is 5.24. The van der Waals surface area contributed by atoms with Crippen molar-refractivity contribution < 1.29 is 9.90 Å². The number of carboxylic acid groups (broad SMARTS) is 1. The van der Waals surface area contributed by atoms with Gasteiger partial charge in [0, 0.05) is 6.54 Å². The molecule has 21 heavy (non-hydrogen) atoms. The van der Waals surface area contributed by atoms with Crippen LogP contribution in [0.1, 0.15) is 12.5 Å². The van der Waals surface area contributed by atoms with E-state index in [9.17, 15) is 4.79 Å². The summed E-state index contributed by atoms with van der Waals surface area (Å²) in [5, 5.41) is 16.8. The molecule has 1 atom stereocenters. The molecule has 0 aromatic heterocycles. The number of aliphatic carboxylic acids is 1. The Kier molecular flexibility index (Phi) is 3.59. The van der Waals surface area contributed by atoms with Crippen molar-refractivity contribution in [2.45, 2.75) is 19.5 Å². The minimum Gasteiger partial charge on any atom is -0.480 e. The quantitative estimate of drug-likeness (QED) is 0.718. The van der Waals surface area contributed by atoms with Crippen LogP contribution in [0.3, 0.4) is 0 Å². The van der Waals surface area contributed by atoms with Crippen LogP contribution in [-0.4, -0.2) is 17.1 Å². The summed E-state index contributed by atoms with van der Waals surface area (Å²) < 4.78 is 0. The maximum atomic E-state index is 10.9. The molecule has 3 nitrogen and oxygen atoms in total. The van der Waals surface area contributed by atoms with Crippen molar-refractivity contribution >= 4 is 27.5 Å². The Hall–Kier alpha value is -2.39. The molecule has 3 rings (SSSR count).